The fourth-order valence-electron chi connectivity index (χ4n) is 2.06. The molecule has 0 aromatic heterocycles. The Morgan fingerprint density at radius 2 is 2.06 bits per heavy atom. The Morgan fingerprint density at radius 3 is 2.69 bits per heavy atom. The number of piperidine rings is 1. The molecule has 4 nitrogen and oxygen atoms in total. The summed E-state index contributed by atoms with van der Waals surface area (Å²) in [5.74, 6) is 6.09. The summed E-state index contributed by atoms with van der Waals surface area (Å²) in [4.78, 5) is 7.20. The van der Waals surface area contributed by atoms with Crippen LogP contribution in [0.3, 0.4) is 0 Å². The zero-order valence-electron chi connectivity index (χ0n) is 9.56. The minimum absolute atomic E-state index is 0.210. The summed E-state index contributed by atoms with van der Waals surface area (Å²) in [5.41, 5.74) is 1.20. The summed E-state index contributed by atoms with van der Waals surface area (Å²) < 4.78 is 5.22. The summed E-state index contributed by atoms with van der Waals surface area (Å²) in [5, 5.41) is 0. The number of benzene rings is 1. The van der Waals surface area contributed by atoms with E-state index in [1.54, 1.807) is 7.11 Å². The van der Waals surface area contributed by atoms with Gasteiger partial charge >= 0.3 is 0 Å². The van der Waals surface area contributed by atoms with Gasteiger partial charge in [-0.05, 0) is 25.0 Å². The highest BCUT2D eigenvalue weighted by Gasteiger charge is 2.19. The zero-order valence-corrected chi connectivity index (χ0v) is 9.56. The first-order valence-corrected chi connectivity index (χ1v) is 5.58. The Balaban J connectivity index is 2.02. The smallest absolute Gasteiger partial charge is 0.120 e. The summed E-state index contributed by atoms with van der Waals surface area (Å²) >= 11 is 0. The van der Waals surface area contributed by atoms with Crippen LogP contribution >= 0.6 is 0 Å². The van der Waals surface area contributed by atoms with E-state index in [-0.39, 0.29) is 6.10 Å². The molecule has 0 amide bonds. The summed E-state index contributed by atoms with van der Waals surface area (Å²) in [6.45, 7) is 1.96. The van der Waals surface area contributed by atoms with Gasteiger partial charge in [0.1, 0.15) is 5.75 Å². The first-order valence-electron chi connectivity index (χ1n) is 5.58. The van der Waals surface area contributed by atoms with E-state index in [2.05, 4.69) is 17.0 Å². The third-order valence-electron chi connectivity index (χ3n) is 3.05. The lowest BCUT2D eigenvalue weighted by Crippen LogP contribution is -2.37. The monoisotopic (exact) mass is 222 g/mol. The highest BCUT2D eigenvalue weighted by Crippen LogP contribution is 2.24. The maximum atomic E-state index is 5.22. The van der Waals surface area contributed by atoms with E-state index < -0.39 is 0 Å². The number of nitrogens with zero attached hydrogens (tertiary/aromatic N) is 1. The van der Waals surface area contributed by atoms with Crippen LogP contribution in [0, 0.1) is 0 Å². The normalized spacial score (nSPS) is 17.5. The molecule has 4 heteroatoms. The maximum absolute atomic E-state index is 5.22. The van der Waals surface area contributed by atoms with Crippen molar-refractivity contribution >= 4 is 5.69 Å². The summed E-state index contributed by atoms with van der Waals surface area (Å²) in [6.07, 6.45) is 2.17. The molecule has 0 saturated carbocycles. The lowest BCUT2D eigenvalue weighted by Gasteiger charge is -2.32. The van der Waals surface area contributed by atoms with Gasteiger partial charge in [-0.3, -0.25) is 0 Å². The topological polar surface area (TPSA) is 47.7 Å². The second kappa shape index (κ2) is 5.18. The molecular weight excluding hydrogens is 204 g/mol. The number of hydrogen-bond acceptors (Lipinski definition) is 4. The summed E-state index contributed by atoms with van der Waals surface area (Å²) in [7, 11) is 1.69. The maximum Gasteiger partial charge on any atom is 0.120 e. The van der Waals surface area contributed by atoms with Gasteiger partial charge in [-0.15, -0.1) is 0 Å². The van der Waals surface area contributed by atoms with Gasteiger partial charge in [-0.2, -0.15) is 0 Å². The number of anilines is 1. The lowest BCUT2D eigenvalue weighted by atomic mass is 10.1. The van der Waals surface area contributed by atoms with Crippen molar-refractivity contribution in [1.82, 2.24) is 0 Å². The predicted octanol–water partition coefficient (Wildman–Crippen LogP) is 1.55. The van der Waals surface area contributed by atoms with Gasteiger partial charge in [-0.25, -0.2) is 5.90 Å². The van der Waals surface area contributed by atoms with Crippen molar-refractivity contribution in [2.75, 3.05) is 25.1 Å². The quantitative estimate of drug-likeness (QED) is 0.788. The minimum Gasteiger partial charge on any atom is -0.497 e. The molecule has 2 rings (SSSR count). The SMILES string of the molecule is COc1cccc(N2CCC(ON)CC2)c1. The van der Waals surface area contributed by atoms with E-state index in [9.17, 15) is 0 Å². The highest BCUT2D eigenvalue weighted by molar-refractivity contribution is 5.51. The average Bonchev–Trinajstić information content (AvgIpc) is 2.39. The van der Waals surface area contributed by atoms with Crippen molar-refractivity contribution in [3.63, 3.8) is 0 Å². The molecular formula is C12H18N2O2. The van der Waals surface area contributed by atoms with E-state index in [0.29, 0.717) is 0 Å². The number of rotatable bonds is 3. The first kappa shape index (κ1) is 11.2. The first-order chi connectivity index (χ1) is 7.83. The largest absolute Gasteiger partial charge is 0.497 e. The number of ether oxygens (including phenoxy) is 1. The molecule has 1 aliphatic heterocycles. The molecule has 0 spiro atoms. The Bertz CT molecular complexity index is 336. The molecule has 1 fully saturated rings. The molecule has 0 radical (unpaired) electrons. The second-order valence-electron chi connectivity index (χ2n) is 4.02. The Hall–Kier alpha value is -1.26. The number of methoxy groups -OCH3 is 1. The average molecular weight is 222 g/mol. The van der Waals surface area contributed by atoms with Crippen LogP contribution in [-0.4, -0.2) is 26.3 Å². The molecule has 1 aromatic rings. The van der Waals surface area contributed by atoms with E-state index in [0.717, 1.165) is 31.7 Å². The predicted molar refractivity (Wildman–Crippen MR) is 63.5 cm³/mol. The van der Waals surface area contributed by atoms with Crippen molar-refractivity contribution in [3.8, 4) is 5.75 Å². The highest BCUT2D eigenvalue weighted by atomic mass is 16.6. The van der Waals surface area contributed by atoms with Crippen molar-refractivity contribution in [2.24, 2.45) is 5.90 Å². The van der Waals surface area contributed by atoms with E-state index in [1.807, 2.05) is 12.1 Å². The molecule has 0 atom stereocenters. The van der Waals surface area contributed by atoms with Crippen LogP contribution in [0.2, 0.25) is 0 Å². The van der Waals surface area contributed by atoms with Gasteiger partial charge in [0.05, 0.1) is 13.2 Å². The Labute approximate surface area is 95.9 Å². The molecule has 1 heterocycles. The van der Waals surface area contributed by atoms with E-state index in [4.69, 9.17) is 15.5 Å². The van der Waals surface area contributed by atoms with Crippen LogP contribution in [0.5, 0.6) is 5.75 Å². The third-order valence-corrected chi connectivity index (χ3v) is 3.05. The summed E-state index contributed by atoms with van der Waals surface area (Å²) in [6, 6.07) is 8.13. The van der Waals surface area contributed by atoms with Crippen LogP contribution in [0.1, 0.15) is 12.8 Å². The Morgan fingerprint density at radius 1 is 1.31 bits per heavy atom. The van der Waals surface area contributed by atoms with Crippen molar-refractivity contribution in [1.29, 1.82) is 0 Å². The Kier molecular flexibility index (Phi) is 3.64. The van der Waals surface area contributed by atoms with E-state index in [1.165, 1.54) is 5.69 Å². The number of nitrogens with two attached hydrogens (primary N) is 1. The lowest BCUT2D eigenvalue weighted by molar-refractivity contribution is 0.0367. The molecule has 2 N–H and O–H groups in total. The van der Waals surface area contributed by atoms with Gasteiger partial charge in [0.2, 0.25) is 0 Å². The molecule has 0 unspecified atom stereocenters. The van der Waals surface area contributed by atoms with Crippen LogP contribution in [0.15, 0.2) is 24.3 Å². The van der Waals surface area contributed by atoms with E-state index >= 15 is 0 Å². The standard InChI is InChI=1S/C12H18N2O2/c1-15-12-4-2-3-10(9-12)14-7-5-11(16-13)6-8-14/h2-4,9,11H,5-8,13H2,1H3. The zero-order chi connectivity index (χ0) is 11.4. The molecule has 1 aromatic carbocycles. The fraction of sp³-hybridized carbons (Fsp3) is 0.500. The van der Waals surface area contributed by atoms with Crippen molar-refractivity contribution < 1.29 is 9.57 Å². The molecule has 1 saturated heterocycles. The molecule has 88 valence electrons. The molecule has 16 heavy (non-hydrogen) atoms. The van der Waals surface area contributed by atoms with Crippen LogP contribution in [-0.2, 0) is 4.84 Å². The van der Waals surface area contributed by atoms with Gasteiger partial charge in [0.15, 0.2) is 0 Å². The van der Waals surface area contributed by atoms with Gasteiger partial charge in [0, 0.05) is 24.8 Å². The second-order valence-corrected chi connectivity index (χ2v) is 4.02. The van der Waals surface area contributed by atoms with Crippen LogP contribution in [0.4, 0.5) is 5.69 Å². The number of hydrogen-bond donors (Lipinski definition) is 1. The van der Waals surface area contributed by atoms with Gasteiger partial charge in [-0.1, -0.05) is 6.07 Å². The third kappa shape index (κ3) is 2.46. The van der Waals surface area contributed by atoms with Gasteiger partial charge < -0.3 is 14.5 Å². The van der Waals surface area contributed by atoms with Gasteiger partial charge in [0.25, 0.3) is 0 Å². The van der Waals surface area contributed by atoms with Crippen LogP contribution in [0.25, 0.3) is 0 Å². The molecule has 0 bridgehead atoms. The van der Waals surface area contributed by atoms with Crippen molar-refractivity contribution in [3.05, 3.63) is 24.3 Å². The van der Waals surface area contributed by atoms with Crippen molar-refractivity contribution in [2.45, 2.75) is 18.9 Å². The van der Waals surface area contributed by atoms with Crippen LogP contribution < -0.4 is 15.5 Å². The molecule has 0 aliphatic carbocycles. The molecule has 1 aliphatic rings. The fourth-order valence-corrected chi connectivity index (χ4v) is 2.06. The minimum atomic E-state index is 0.210.